The standard InChI is InChI=1S/C24H27N3O3/c1-3-5-13-27-23(16-9-8-10-17(15-16)30-14-4-2)20-21(25-26-22(20)24(27)29)18-11-6-7-12-19(18)28/h6-12,15,23,28H,3-5,13-14H2,1-2H3,(H,25,26)/t23-/m0/s1. The van der Waals surface area contributed by atoms with E-state index in [9.17, 15) is 9.90 Å². The molecule has 4 rings (SSSR count). The molecule has 6 heteroatoms. The number of benzene rings is 2. The number of hydrogen-bond donors (Lipinski definition) is 2. The summed E-state index contributed by atoms with van der Waals surface area (Å²) < 4.78 is 5.84. The molecule has 0 radical (unpaired) electrons. The number of nitrogens with zero attached hydrogens (tertiary/aromatic N) is 2. The molecule has 2 heterocycles. The third-order valence-corrected chi connectivity index (χ3v) is 5.42. The molecule has 2 aromatic carbocycles. The highest BCUT2D eigenvalue weighted by Gasteiger charge is 2.42. The van der Waals surface area contributed by atoms with Crippen LogP contribution in [0.1, 0.15) is 60.8 Å². The lowest BCUT2D eigenvalue weighted by molar-refractivity contribution is 0.0741. The second kappa shape index (κ2) is 8.61. The number of fused-ring (bicyclic) bond motifs is 1. The molecular formula is C24H27N3O3. The van der Waals surface area contributed by atoms with Crippen LogP contribution in [-0.2, 0) is 0 Å². The Morgan fingerprint density at radius 1 is 1.13 bits per heavy atom. The molecule has 3 aromatic rings. The number of H-pyrrole nitrogens is 1. The second-order valence-corrected chi connectivity index (χ2v) is 7.55. The van der Waals surface area contributed by atoms with E-state index in [0.29, 0.717) is 30.1 Å². The maximum absolute atomic E-state index is 13.2. The van der Waals surface area contributed by atoms with Gasteiger partial charge in [0.25, 0.3) is 5.91 Å². The molecule has 1 aliphatic rings. The molecule has 1 amide bonds. The van der Waals surface area contributed by atoms with E-state index in [0.717, 1.165) is 36.1 Å². The van der Waals surface area contributed by atoms with E-state index in [4.69, 9.17) is 4.74 Å². The third kappa shape index (κ3) is 3.54. The van der Waals surface area contributed by atoms with E-state index in [2.05, 4.69) is 24.0 Å². The smallest absolute Gasteiger partial charge is 0.273 e. The van der Waals surface area contributed by atoms with Crippen LogP contribution < -0.4 is 4.74 Å². The van der Waals surface area contributed by atoms with Gasteiger partial charge in [-0.3, -0.25) is 9.89 Å². The summed E-state index contributed by atoms with van der Waals surface area (Å²) >= 11 is 0. The summed E-state index contributed by atoms with van der Waals surface area (Å²) in [6.45, 7) is 5.49. The van der Waals surface area contributed by atoms with Crippen molar-refractivity contribution in [3.63, 3.8) is 0 Å². The van der Waals surface area contributed by atoms with Crippen LogP contribution in [0.5, 0.6) is 11.5 Å². The highest BCUT2D eigenvalue weighted by molar-refractivity contribution is 6.00. The number of carbonyl (C=O) groups excluding carboxylic acids is 1. The fraction of sp³-hybridized carbons (Fsp3) is 0.333. The molecule has 0 fully saturated rings. The van der Waals surface area contributed by atoms with Crippen molar-refractivity contribution >= 4 is 5.91 Å². The first-order valence-corrected chi connectivity index (χ1v) is 10.6. The highest BCUT2D eigenvalue weighted by Crippen LogP contribution is 2.44. The van der Waals surface area contributed by atoms with Crippen molar-refractivity contribution in [3.05, 3.63) is 65.4 Å². The largest absolute Gasteiger partial charge is 0.507 e. The number of hydrogen-bond acceptors (Lipinski definition) is 4. The van der Waals surface area contributed by atoms with Crippen molar-refractivity contribution in [2.45, 2.75) is 39.2 Å². The predicted molar refractivity (Wildman–Crippen MR) is 116 cm³/mol. The zero-order chi connectivity index (χ0) is 21.1. The van der Waals surface area contributed by atoms with Crippen LogP contribution in [0.25, 0.3) is 11.3 Å². The van der Waals surface area contributed by atoms with Gasteiger partial charge in [-0.25, -0.2) is 0 Å². The summed E-state index contributed by atoms with van der Waals surface area (Å²) in [7, 11) is 0. The van der Waals surface area contributed by atoms with Crippen molar-refractivity contribution in [2.75, 3.05) is 13.2 Å². The lowest BCUT2D eigenvalue weighted by Gasteiger charge is -2.26. The number of phenols is 1. The fourth-order valence-electron chi connectivity index (χ4n) is 3.98. The number of amides is 1. The average Bonchev–Trinajstić information content (AvgIpc) is 3.30. The Bertz CT molecular complexity index is 1040. The van der Waals surface area contributed by atoms with Gasteiger partial charge in [-0.2, -0.15) is 5.10 Å². The lowest BCUT2D eigenvalue weighted by Crippen LogP contribution is -2.30. The number of unbranched alkanes of at least 4 members (excludes halogenated alkanes) is 1. The van der Waals surface area contributed by atoms with Crippen LogP contribution >= 0.6 is 0 Å². The van der Waals surface area contributed by atoms with Gasteiger partial charge in [0.15, 0.2) is 0 Å². The Kier molecular flexibility index (Phi) is 5.74. The number of para-hydroxylation sites is 1. The molecule has 0 aliphatic carbocycles. The minimum absolute atomic E-state index is 0.0579. The van der Waals surface area contributed by atoms with E-state index in [-0.39, 0.29) is 17.7 Å². The molecule has 0 spiro atoms. The van der Waals surface area contributed by atoms with Gasteiger partial charge in [-0.15, -0.1) is 0 Å². The van der Waals surface area contributed by atoms with E-state index in [1.165, 1.54) is 0 Å². The summed E-state index contributed by atoms with van der Waals surface area (Å²) in [6, 6.07) is 14.7. The SMILES string of the molecule is CCCCN1C(=O)c2[nH]nc(-c3ccccc3O)c2[C@@H]1c1cccc(OCCC)c1. The van der Waals surface area contributed by atoms with Crippen molar-refractivity contribution < 1.29 is 14.6 Å². The van der Waals surface area contributed by atoms with Gasteiger partial charge in [-0.1, -0.05) is 44.5 Å². The molecule has 0 bridgehead atoms. The van der Waals surface area contributed by atoms with Crippen LogP contribution in [0.2, 0.25) is 0 Å². The minimum Gasteiger partial charge on any atom is -0.507 e. The molecule has 1 aliphatic heterocycles. The molecule has 6 nitrogen and oxygen atoms in total. The first-order chi connectivity index (χ1) is 14.7. The highest BCUT2D eigenvalue weighted by atomic mass is 16.5. The van der Waals surface area contributed by atoms with E-state index in [1.807, 2.05) is 41.3 Å². The predicted octanol–water partition coefficient (Wildman–Crippen LogP) is 4.92. The van der Waals surface area contributed by atoms with Gasteiger partial charge in [-0.05, 0) is 42.7 Å². The maximum atomic E-state index is 13.2. The van der Waals surface area contributed by atoms with Crippen LogP contribution in [0.15, 0.2) is 48.5 Å². The second-order valence-electron chi connectivity index (χ2n) is 7.55. The molecular weight excluding hydrogens is 378 g/mol. The van der Waals surface area contributed by atoms with Crippen molar-refractivity contribution in [1.82, 2.24) is 15.1 Å². The van der Waals surface area contributed by atoms with E-state index >= 15 is 0 Å². The molecule has 30 heavy (non-hydrogen) atoms. The Labute approximate surface area is 176 Å². The van der Waals surface area contributed by atoms with E-state index in [1.54, 1.807) is 12.1 Å². The van der Waals surface area contributed by atoms with Crippen molar-refractivity contribution in [2.24, 2.45) is 0 Å². The Morgan fingerprint density at radius 3 is 2.73 bits per heavy atom. The monoisotopic (exact) mass is 405 g/mol. The van der Waals surface area contributed by atoms with Crippen LogP contribution in [0.3, 0.4) is 0 Å². The zero-order valence-electron chi connectivity index (χ0n) is 17.4. The zero-order valence-corrected chi connectivity index (χ0v) is 17.4. The van der Waals surface area contributed by atoms with Gasteiger partial charge in [0.2, 0.25) is 0 Å². The number of ether oxygens (including phenoxy) is 1. The summed E-state index contributed by atoms with van der Waals surface area (Å²) in [5.41, 5.74) is 3.51. The summed E-state index contributed by atoms with van der Waals surface area (Å²) in [6.07, 6.45) is 2.84. The molecule has 2 N–H and O–H groups in total. The summed E-state index contributed by atoms with van der Waals surface area (Å²) in [5, 5.41) is 17.8. The van der Waals surface area contributed by atoms with Gasteiger partial charge in [0, 0.05) is 17.7 Å². The van der Waals surface area contributed by atoms with E-state index < -0.39 is 0 Å². The number of aromatic amines is 1. The number of aromatic hydroxyl groups is 1. The Balaban J connectivity index is 1.83. The lowest BCUT2D eigenvalue weighted by atomic mass is 9.95. The molecule has 1 aromatic heterocycles. The van der Waals surface area contributed by atoms with Crippen LogP contribution in [0.4, 0.5) is 0 Å². The average molecular weight is 405 g/mol. The van der Waals surface area contributed by atoms with Gasteiger partial charge in [0.1, 0.15) is 22.9 Å². The topological polar surface area (TPSA) is 78.5 Å². The van der Waals surface area contributed by atoms with Crippen molar-refractivity contribution in [3.8, 4) is 22.8 Å². The molecule has 0 saturated heterocycles. The number of phenolic OH excluding ortho intramolecular Hbond substituents is 1. The van der Waals surface area contributed by atoms with Gasteiger partial charge < -0.3 is 14.7 Å². The minimum atomic E-state index is -0.280. The number of nitrogens with one attached hydrogen (secondary N) is 1. The molecule has 0 saturated carbocycles. The Morgan fingerprint density at radius 2 is 1.97 bits per heavy atom. The van der Waals surface area contributed by atoms with Crippen LogP contribution in [-0.4, -0.2) is 39.3 Å². The number of carbonyl (C=O) groups is 1. The summed E-state index contributed by atoms with van der Waals surface area (Å²) in [5.74, 6) is 0.876. The van der Waals surface area contributed by atoms with Gasteiger partial charge in [0.05, 0.1) is 12.6 Å². The first kappa shape index (κ1) is 20.0. The third-order valence-electron chi connectivity index (χ3n) is 5.42. The number of rotatable bonds is 8. The summed E-state index contributed by atoms with van der Waals surface area (Å²) in [4.78, 5) is 15.1. The fourth-order valence-corrected chi connectivity index (χ4v) is 3.98. The molecule has 156 valence electrons. The number of aromatic nitrogens is 2. The maximum Gasteiger partial charge on any atom is 0.273 e. The first-order valence-electron chi connectivity index (χ1n) is 10.6. The Hall–Kier alpha value is -3.28. The normalized spacial score (nSPS) is 15.5. The molecule has 1 atom stereocenters. The van der Waals surface area contributed by atoms with Crippen molar-refractivity contribution in [1.29, 1.82) is 0 Å². The molecule has 0 unspecified atom stereocenters. The van der Waals surface area contributed by atoms with Gasteiger partial charge >= 0.3 is 0 Å². The van der Waals surface area contributed by atoms with Crippen LogP contribution in [0, 0.1) is 0 Å². The quantitative estimate of drug-likeness (QED) is 0.558.